The number of carbonyl (C=O) groups excluding carboxylic acids is 1. The van der Waals surface area contributed by atoms with Crippen molar-refractivity contribution in [3.8, 4) is 0 Å². The molecule has 6 heteroatoms. The van der Waals surface area contributed by atoms with Gasteiger partial charge in [-0.3, -0.25) is 9.69 Å². The van der Waals surface area contributed by atoms with Crippen LogP contribution < -0.4 is 5.32 Å². The zero-order chi connectivity index (χ0) is 16.2. The van der Waals surface area contributed by atoms with Crippen LogP contribution in [-0.4, -0.2) is 52.1 Å². The lowest BCUT2D eigenvalue weighted by atomic mass is 10.1. The third-order valence-corrected chi connectivity index (χ3v) is 4.25. The van der Waals surface area contributed by atoms with E-state index in [9.17, 15) is 4.79 Å². The summed E-state index contributed by atoms with van der Waals surface area (Å²) in [5, 5.41) is 12.1. The molecule has 1 aliphatic rings. The van der Waals surface area contributed by atoms with Crippen molar-refractivity contribution < 1.29 is 9.90 Å². The van der Waals surface area contributed by atoms with Crippen LogP contribution in [0.3, 0.4) is 0 Å². The van der Waals surface area contributed by atoms with Crippen LogP contribution >= 0.6 is 0 Å². The van der Waals surface area contributed by atoms with Gasteiger partial charge in [0.25, 0.3) is 5.91 Å². The second-order valence-electron chi connectivity index (χ2n) is 5.99. The number of fused-ring (bicyclic) bond motifs is 1. The van der Waals surface area contributed by atoms with Gasteiger partial charge in [-0.25, -0.2) is 4.98 Å². The number of imidazole rings is 1. The van der Waals surface area contributed by atoms with E-state index in [1.165, 1.54) is 0 Å². The first-order valence-corrected chi connectivity index (χ1v) is 7.90. The second-order valence-corrected chi connectivity index (χ2v) is 5.99. The number of hydrogen-bond acceptors (Lipinski definition) is 4. The number of amides is 1. The maximum absolute atomic E-state index is 12.3. The molecule has 1 unspecified atom stereocenters. The second kappa shape index (κ2) is 6.93. The summed E-state index contributed by atoms with van der Waals surface area (Å²) in [6, 6.07) is 5.33. The number of likely N-dealkylation sites (tertiary alicyclic amines) is 1. The van der Waals surface area contributed by atoms with E-state index in [2.05, 4.69) is 26.8 Å². The molecule has 6 nitrogen and oxygen atoms in total. The molecule has 1 aromatic carbocycles. The highest BCUT2D eigenvalue weighted by molar-refractivity contribution is 5.97. The topological polar surface area (TPSA) is 81.2 Å². The van der Waals surface area contributed by atoms with Gasteiger partial charge in [0.1, 0.15) is 12.4 Å². The van der Waals surface area contributed by atoms with E-state index in [1.54, 1.807) is 18.2 Å². The number of nitrogens with zero attached hydrogens (tertiary/aromatic N) is 2. The summed E-state index contributed by atoms with van der Waals surface area (Å²) in [5.41, 5.74) is 2.12. The lowest BCUT2D eigenvalue weighted by Crippen LogP contribution is -2.31. The molecule has 3 rings (SSSR count). The Kier molecular flexibility index (Phi) is 4.73. The number of aromatic nitrogens is 2. The minimum absolute atomic E-state index is 0.0748. The minimum Gasteiger partial charge on any atom is -0.388 e. The van der Waals surface area contributed by atoms with Gasteiger partial charge in [0, 0.05) is 25.2 Å². The van der Waals surface area contributed by atoms with Crippen LogP contribution in [0.4, 0.5) is 0 Å². The first kappa shape index (κ1) is 15.7. The van der Waals surface area contributed by atoms with Crippen molar-refractivity contribution in [1.82, 2.24) is 20.2 Å². The average Bonchev–Trinajstić information content (AvgIpc) is 3.18. The zero-order valence-electron chi connectivity index (χ0n) is 13.1. The third kappa shape index (κ3) is 3.60. The summed E-state index contributed by atoms with van der Waals surface area (Å²) in [7, 11) is 0. The number of benzene rings is 1. The Morgan fingerprint density at radius 3 is 3.22 bits per heavy atom. The third-order valence-electron chi connectivity index (χ3n) is 4.25. The van der Waals surface area contributed by atoms with E-state index in [4.69, 9.17) is 5.11 Å². The summed E-state index contributed by atoms with van der Waals surface area (Å²) in [6.07, 6.45) is 3.02. The molecule has 1 saturated heterocycles. The molecule has 1 amide bonds. The highest BCUT2D eigenvalue weighted by Crippen LogP contribution is 2.16. The molecule has 0 radical (unpaired) electrons. The molecule has 1 aliphatic heterocycles. The molecular formula is C17H22N4O2. The molecule has 1 fully saturated rings. The van der Waals surface area contributed by atoms with Crippen LogP contribution in [0.15, 0.2) is 30.9 Å². The monoisotopic (exact) mass is 314 g/mol. The number of aliphatic hydroxyl groups excluding tert-OH is 1. The smallest absolute Gasteiger partial charge is 0.251 e. The number of rotatable bonds is 6. The first-order chi connectivity index (χ1) is 11.2. The molecule has 0 bridgehead atoms. The largest absolute Gasteiger partial charge is 0.388 e. The number of aliphatic hydroxyl groups is 1. The van der Waals surface area contributed by atoms with Gasteiger partial charge in [0.05, 0.1) is 11.0 Å². The Morgan fingerprint density at radius 2 is 2.43 bits per heavy atom. The van der Waals surface area contributed by atoms with Gasteiger partial charge in [0.15, 0.2) is 0 Å². The standard InChI is InChI=1S/C17H22N4O2/c1-2-6-21-7-5-12(10-21)9-18-17(23)13-3-4-14-15(8-13)20-16(11-22)19-14/h2-4,8,12,22H,1,5-7,9-11H2,(H,18,23)(H,19,20). The zero-order valence-corrected chi connectivity index (χ0v) is 13.1. The maximum Gasteiger partial charge on any atom is 0.251 e. The van der Waals surface area contributed by atoms with E-state index in [1.807, 2.05) is 6.08 Å². The molecule has 0 spiro atoms. The fourth-order valence-electron chi connectivity index (χ4n) is 3.05. The van der Waals surface area contributed by atoms with Gasteiger partial charge in [-0.1, -0.05) is 6.08 Å². The van der Waals surface area contributed by atoms with E-state index in [-0.39, 0.29) is 12.5 Å². The number of aromatic amines is 1. The molecule has 2 heterocycles. The van der Waals surface area contributed by atoms with Gasteiger partial charge in [0.2, 0.25) is 0 Å². The van der Waals surface area contributed by atoms with Crippen molar-refractivity contribution in [3.63, 3.8) is 0 Å². The Hall–Kier alpha value is -2.18. The molecule has 0 saturated carbocycles. The summed E-state index contributed by atoms with van der Waals surface area (Å²) >= 11 is 0. The first-order valence-electron chi connectivity index (χ1n) is 7.90. The Balaban J connectivity index is 1.59. The van der Waals surface area contributed by atoms with Crippen molar-refractivity contribution in [2.24, 2.45) is 5.92 Å². The highest BCUT2D eigenvalue weighted by Gasteiger charge is 2.22. The van der Waals surface area contributed by atoms with E-state index < -0.39 is 0 Å². The lowest BCUT2D eigenvalue weighted by molar-refractivity contribution is 0.0947. The maximum atomic E-state index is 12.3. The van der Waals surface area contributed by atoms with Crippen LogP contribution in [0.25, 0.3) is 11.0 Å². The van der Waals surface area contributed by atoms with Gasteiger partial charge in [-0.05, 0) is 37.1 Å². The van der Waals surface area contributed by atoms with Gasteiger partial charge < -0.3 is 15.4 Å². The van der Waals surface area contributed by atoms with Crippen molar-refractivity contribution in [2.75, 3.05) is 26.2 Å². The minimum atomic E-state index is -0.140. The fraction of sp³-hybridized carbons (Fsp3) is 0.412. The molecule has 0 aliphatic carbocycles. The molecule has 2 aromatic rings. The molecular weight excluding hydrogens is 292 g/mol. The predicted octanol–water partition coefficient (Wildman–Crippen LogP) is 1.29. The molecule has 3 N–H and O–H groups in total. The van der Waals surface area contributed by atoms with Gasteiger partial charge in [-0.15, -0.1) is 6.58 Å². The number of carbonyl (C=O) groups is 1. The normalized spacial score (nSPS) is 18.4. The predicted molar refractivity (Wildman–Crippen MR) is 89.1 cm³/mol. The summed E-state index contributed by atoms with van der Waals surface area (Å²) in [4.78, 5) is 21.9. The van der Waals surface area contributed by atoms with E-state index >= 15 is 0 Å². The summed E-state index contributed by atoms with van der Waals surface area (Å²) in [6.45, 7) is 7.29. The molecule has 122 valence electrons. The fourth-order valence-corrected chi connectivity index (χ4v) is 3.05. The van der Waals surface area contributed by atoms with E-state index in [0.717, 1.165) is 37.1 Å². The van der Waals surface area contributed by atoms with Crippen molar-refractivity contribution >= 4 is 16.9 Å². The number of H-pyrrole nitrogens is 1. The lowest BCUT2D eigenvalue weighted by Gasteiger charge is -2.14. The molecule has 1 aromatic heterocycles. The SMILES string of the molecule is C=CCN1CCC(CNC(=O)c2ccc3nc(CO)[nH]c3c2)C1. The van der Waals surface area contributed by atoms with Crippen molar-refractivity contribution in [2.45, 2.75) is 13.0 Å². The Bertz CT molecular complexity index is 710. The van der Waals surface area contributed by atoms with Crippen LogP contribution in [0.2, 0.25) is 0 Å². The van der Waals surface area contributed by atoms with Crippen LogP contribution in [0.1, 0.15) is 22.6 Å². The molecule has 23 heavy (non-hydrogen) atoms. The van der Waals surface area contributed by atoms with Gasteiger partial charge >= 0.3 is 0 Å². The van der Waals surface area contributed by atoms with Crippen LogP contribution in [0.5, 0.6) is 0 Å². The average molecular weight is 314 g/mol. The summed E-state index contributed by atoms with van der Waals surface area (Å²) in [5.74, 6) is 0.927. The number of hydrogen-bond donors (Lipinski definition) is 3. The quantitative estimate of drug-likeness (QED) is 0.702. The van der Waals surface area contributed by atoms with Crippen molar-refractivity contribution in [3.05, 3.63) is 42.2 Å². The van der Waals surface area contributed by atoms with Crippen LogP contribution in [0, 0.1) is 5.92 Å². The highest BCUT2D eigenvalue weighted by atomic mass is 16.3. The van der Waals surface area contributed by atoms with Crippen LogP contribution in [-0.2, 0) is 6.61 Å². The summed E-state index contributed by atoms with van der Waals surface area (Å²) < 4.78 is 0. The molecule has 1 atom stereocenters. The number of nitrogens with one attached hydrogen (secondary N) is 2. The Labute approximate surface area is 135 Å². The van der Waals surface area contributed by atoms with E-state index in [0.29, 0.717) is 23.9 Å². The Morgan fingerprint density at radius 1 is 1.57 bits per heavy atom. The van der Waals surface area contributed by atoms with Gasteiger partial charge in [-0.2, -0.15) is 0 Å². The van der Waals surface area contributed by atoms with Crippen molar-refractivity contribution in [1.29, 1.82) is 0 Å².